The Morgan fingerprint density at radius 2 is 1.69 bits per heavy atom. The molecule has 3 aromatic heterocycles. The molecule has 0 bridgehead atoms. The lowest BCUT2D eigenvalue weighted by Crippen LogP contribution is -2.08. The lowest BCUT2D eigenvalue weighted by Gasteiger charge is -2.13. The van der Waals surface area contributed by atoms with E-state index >= 15 is 0 Å². The molecule has 0 saturated carbocycles. The third-order valence-corrected chi connectivity index (χ3v) is 6.53. The van der Waals surface area contributed by atoms with E-state index in [1.807, 2.05) is 42.5 Å². The highest BCUT2D eigenvalue weighted by atomic mass is 32.2. The number of nitrogens with two attached hydrogens (primary N) is 1. The zero-order valence-corrected chi connectivity index (χ0v) is 20.8. The van der Waals surface area contributed by atoms with Crippen LogP contribution in [0, 0.1) is 6.92 Å². The third kappa shape index (κ3) is 5.03. The zero-order chi connectivity index (χ0) is 24.9. The van der Waals surface area contributed by atoms with E-state index in [1.165, 1.54) is 17.3 Å². The fraction of sp³-hybridized carbons (Fsp3) is 0.154. The molecular weight excluding hydrogens is 470 g/mol. The van der Waals surface area contributed by atoms with Crippen molar-refractivity contribution in [2.75, 3.05) is 11.1 Å². The summed E-state index contributed by atoms with van der Waals surface area (Å²) >= 11 is 1.49. The molecule has 10 heteroatoms. The Kier molecular flexibility index (Phi) is 6.85. The fourth-order valence-corrected chi connectivity index (χ4v) is 4.64. The zero-order valence-electron chi connectivity index (χ0n) is 20.0. The van der Waals surface area contributed by atoms with E-state index < -0.39 is 0 Å². The maximum atomic E-state index is 6.02. The van der Waals surface area contributed by atoms with Gasteiger partial charge in [-0.1, -0.05) is 55.1 Å². The van der Waals surface area contributed by atoms with Crippen LogP contribution in [0.4, 0.5) is 17.6 Å². The van der Waals surface area contributed by atoms with Crippen molar-refractivity contribution in [3.8, 4) is 17.1 Å². The van der Waals surface area contributed by atoms with E-state index in [9.17, 15) is 0 Å². The summed E-state index contributed by atoms with van der Waals surface area (Å²) in [7, 11) is 0. The number of hydrogen-bond acceptors (Lipinski definition) is 9. The molecule has 9 nitrogen and oxygen atoms in total. The Morgan fingerprint density at radius 3 is 2.50 bits per heavy atom. The summed E-state index contributed by atoms with van der Waals surface area (Å²) in [6, 6.07) is 20.0. The summed E-state index contributed by atoms with van der Waals surface area (Å²) in [5, 5.41) is 13.0. The van der Waals surface area contributed by atoms with Gasteiger partial charge in [0.1, 0.15) is 5.82 Å². The van der Waals surface area contributed by atoms with Gasteiger partial charge < -0.3 is 11.1 Å². The number of hydrogen-bond donors (Lipinski definition) is 2. The van der Waals surface area contributed by atoms with Crippen molar-refractivity contribution in [2.24, 2.45) is 0 Å². The van der Waals surface area contributed by atoms with Crippen LogP contribution in [0.1, 0.15) is 23.9 Å². The van der Waals surface area contributed by atoms with Crippen molar-refractivity contribution in [3.05, 3.63) is 90.0 Å². The minimum atomic E-state index is 0.162. The standard InChI is InChI=1S/C26H25N9S/c1-3-18-9-5-6-10-20(18)29-25-31-22(30-24(27)32-25)16-36-26-34-33-23(19-12-14-28-15-13-19)35(26)21-11-7-4-8-17(21)2/h4-15H,3,16H2,1-2H3,(H3,27,29,30,31,32). The first-order chi connectivity index (χ1) is 17.6. The van der Waals surface area contributed by atoms with Gasteiger partial charge in [0.05, 0.1) is 11.4 Å². The highest BCUT2D eigenvalue weighted by Gasteiger charge is 2.18. The molecular formula is C26H25N9S. The van der Waals surface area contributed by atoms with E-state index in [0.29, 0.717) is 17.5 Å². The number of para-hydroxylation sites is 2. The van der Waals surface area contributed by atoms with Crippen LogP contribution in [-0.2, 0) is 12.2 Å². The number of nitrogen functional groups attached to an aromatic ring is 1. The summed E-state index contributed by atoms with van der Waals surface area (Å²) < 4.78 is 2.05. The molecule has 0 saturated heterocycles. The molecule has 2 aromatic carbocycles. The van der Waals surface area contributed by atoms with Crippen molar-refractivity contribution < 1.29 is 0 Å². The molecule has 0 aliphatic carbocycles. The average molecular weight is 496 g/mol. The molecule has 0 spiro atoms. The van der Waals surface area contributed by atoms with Crippen LogP contribution < -0.4 is 11.1 Å². The number of anilines is 3. The summed E-state index contributed by atoms with van der Waals surface area (Å²) in [5.74, 6) is 2.31. The van der Waals surface area contributed by atoms with Crippen molar-refractivity contribution in [1.29, 1.82) is 0 Å². The molecule has 0 fully saturated rings. The van der Waals surface area contributed by atoms with Gasteiger partial charge in [0.2, 0.25) is 11.9 Å². The van der Waals surface area contributed by atoms with Gasteiger partial charge in [0.25, 0.3) is 0 Å². The van der Waals surface area contributed by atoms with Gasteiger partial charge in [-0.25, -0.2) is 0 Å². The predicted molar refractivity (Wildman–Crippen MR) is 142 cm³/mol. The number of nitrogens with one attached hydrogen (secondary N) is 1. The predicted octanol–water partition coefficient (Wildman–Crippen LogP) is 5.00. The van der Waals surface area contributed by atoms with Crippen LogP contribution in [0.5, 0.6) is 0 Å². The first-order valence-corrected chi connectivity index (χ1v) is 12.5. The van der Waals surface area contributed by atoms with Gasteiger partial charge in [-0.05, 0) is 48.7 Å². The number of rotatable bonds is 8. The monoisotopic (exact) mass is 495 g/mol. The van der Waals surface area contributed by atoms with Gasteiger partial charge in [-0.2, -0.15) is 15.0 Å². The van der Waals surface area contributed by atoms with Gasteiger partial charge >= 0.3 is 0 Å². The number of pyridine rings is 1. The van der Waals surface area contributed by atoms with Gasteiger partial charge in [-0.3, -0.25) is 9.55 Å². The van der Waals surface area contributed by atoms with Crippen molar-refractivity contribution in [3.63, 3.8) is 0 Å². The SMILES string of the molecule is CCc1ccccc1Nc1nc(N)nc(CSc2nnc(-c3ccncc3)n2-c2ccccc2C)n1. The maximum Gasteiger partial charge on any atom is 0.232 e. The Bertz CT molecular complexity index is 1480. The van der Waals surface area contributed by atoms with Crippen molar-refractivity contribution >= 4 is 29.3 Å². The summed E-state index contributed by atoms with van der Waals surface area (Å²) in [6.45, 7) is 4.17. The van der Waals surface area contributed by atoms with Crippen molar-refractivity contribution in [2.45, 2.75) is 31.2 Å². The quantitative estimate of drug-likeness (QED) is 0.286. The molecule has 0 radical (unpaired) electrons. The van der Waals surface area contributed by atoms with E-state index in [2.05, 4.69) is 72.1 Å². The minimum absolute atomic E-state index is 0.162. The molecule has 0 amide bonds. The minimum Gasteiger partial charge on any atom is -0.368 e. The van der Waals surface area contributed by atoms with E-state index in [4.69, 9.17) is 5.73 Å². The number of aryl methyl sites for hydroxylation is 2. The molecule has 0 unspecified atom stereocenters. The largest absolute Gasteiger partial charge is 0.368 e. The van der Waals surface area contributed by atoms with E-state index in [-0.39, 0.29) is 5.95 Å². The normalized spacial score (nSPS) is 10.9. The number of aromatic nitrogens is 7. The molecule has 0 atom stereocenters. The Hall–Kier alpha value is -4.31. The van der Waals surface area contributed by atoms with Gasteiger partial charge in [0, 0.05) is 23.6 Å². The Morgan fingerprint density at radius 1 is 0.917 bits per heavy atom. The Balaban J connectivity index is 1.45. The number of thioether (sulfide) groups is 1. The van der Waals surface area contributed by atoms with Crippen LogP contribution >= 0.6 is 11.8 Å². The second kappa shape index (κ2) is 10.5. The highest BCUT2D eigenvalue weighted by Crippen LogP contribution is 2.30. The van der Waals surface area contributed by atoms with Crippen LogP contribution in [0.2, 0.25) is 0 Å². The average Bonchev–Trinajstić information content (AvgIpc) is 3.32. The molecule has 3 N–H and O–H groups in total. The first kappa shape index (κ1) is 23.4. The second-order valence-electron chi connectivity index (χ2n) is 8.02. The van der Waals surface area contributed by atoms with Crippen molar-refractivity contribution in [1.82, 2.24) is 34.7 Å². The number of nitrogens with zero attached hydrogens (tertiary/aromatic N) is 7. The Labute approximate surface area is 213 Å². The molecule has 36 heavy (non-hydrogen) atoms. The highest BCUT2D eigenvalue weighted by molar-refractivity contribution is 7.98. The summed E-state index contributed by atoms with van der Waals surface area (Å²) in [6.07, 6.45) is 4.39. The molecule has 5 aromatic rings. The third-order valence-electron chi connectivity index (χ3n) is 5.60. The smallest absolute Gasteiger partial charge is 0.232 e. The van der Waals surface area contributed by atoms with E-state index in [1.54, 1.807) is 12.4 Å². The molecule has 180 valence electrons. The molecule has 3 heterocycles. The molecule has 0 aliphatic heterocycles. The van der Waals surface area contributed by atoms with Gasteiger partial charge in [0.15, 0.2) is 11.0 Å². The first-order valence-electron chi connectivity index (χ1n) is 11.5. The fourth-order valence-electron chi connectivity index (χ4n) is 3.84. The second-order valence-corrected chi connectivity index (χ2v) is 8.96. The number of benzene rings is 2. The topological polar surface area (TPSA) is 120 Å². The molecule has 0 aliphatic rings. The van der Waals surface area contributed by atoms with E-state index in [0.717, 1.165) is 39.9 Å². The van der Waals surface area contributed by atoms with Gasteiger partial charge in [-0.15, -0.1) is 10.2 Å². The van der Waals surface area contributed by atoms with Crippen LogP contribution in [-0.4, -0.2) is 34.7 Å². The lowest BCUT2D eigenvalue weighted by molar-refractivity contribution is 0.876. The van der Waals surface area contributed by atoms with Crippen LogP contribution in [0.3, 0.4) is 0 Å². The molecule has 5 rings (SSSR count). The summed E-state index contributed by atoms with van der Waals surface area (Å²) in [5.41, 5.74) is 11.2. The van der Waals surface area contributed by atoms with Crippen LogP contribution in [0.15, 0.2) is 78.2 Å². The maximum absolute atomic E-state index is 6.02. The lowest BCUT2D eigenvalue weighted by atomic mass is 10.1. The summed E-state index contributed by atoms with van der Waals surface area (Å²) in [4.78, 5) is 17.4. The van der Waals surface area contributed by atoms with Crippen LogP contribution in [0.25, 0.3) is 17.1 Å².